The smallest absolute Gasteiger partial charge is 0.224 e. The van der Waals surface area contributed by atoms with E-state index in [1.165, 1.54) is 0 Å². The van der Waals surface area contributed by atoms with Crippen molar-refractivity contribution in [3.8, 4) is 5.75 Å². The molecule has 0 spiro atoms. The van der Waals surface area contributed by atoms with Crippen molar-refractivity contribution < 1.29 is 14.6 Å². The predicted molar refractivity (Wildman–Crippen MR) is 73.7 cm³/mol. The Kier molecular flexibility index (Phi) is 6.15. The van der Waals surface area contributed by atoms with E-state index < -0.39 is 0 Å². The number of aliphatic hydroxyl groups excluding tert-OH is 1. The molecule has 1 aromatic rings. The van der Waals surface area contributed by atoms with E-state index in [-0.39, 0.29) is 25.0 Å². The molecule has 0 unspecified atom stereocenters. The Hall–Kier alpha value is -1.07. The zero-order chi connectivity index (χ0) is 13.5. The first-order valence-corrected chi connectivity index (χ1v) is 6.58. The standard InChI is InChI=1S/C13H18BrNO3/c1-9(5-6-16)15-13(17)8-10-7-11(18-2)3-4-12(10)14/h3-4,7,9,16H,5-6,8H2,1-2H3,(H,15,17)/t9-/m1/s1. The van der Waals surface area contributed by atoms with E-state index in [1.54, 1.807) is 7.11 Å². The van der Waals surface area contributed by atoms with Crippen molar-refractivity contribution >= 4 is 21.8 Å². The molecule has 1 aromatic carbocycles. The van der Waals surface area contributed by atoms with Crippen LogP contribution in [0.15, 0.2) is 22.7 Å². The fraction of sp³-hybridized carbons (Fsp3) is 0.462. The molecule has 0 saturated heterocycles. The minimum atomic E-state index is -0.0649. The van der Waals surface area contributed by atoms with Crippen LogP contribution < -0.4 is 10.1 Å². The highest BCUT2D eigenvalue weighted by Crippen LogP contribution is 2.22. The summed E-state index contributed by atoms with van der Waals surface area (Å²) < 4.78 is 6.01. The SMILES string of the molecule is COc1ccc(Br)c(CC(=O)N[C@H](C)CCO)c1. The molecular formula is C13H18BrNO3. The van der Waals surface area contributed by atoms with Gasteiger partial charge in [0.05, 0.1) is 13.5 Å². The molecule has 1 amide bonds. The van der Waals surface area contributed by atoms with Crippen molar-refractivity contribution in [2.24, 2.45) is 0 Å². The average molecular weight is 316 g/mol. The Morgan fingerprint density at radius 3 is 2.89 bits per heavy atom. The van der Waals surface area contributed by atoms with Crippen LogP contribution in [0.25, 0.3) is 0 Å². The molecular weight excluding hydrogens is 298 g/mol. The van der Waals surface area contributed by atoms with Crippen LogP contribution in [-0.2, 0) is 11.2 Å². The normalized spacial score (nSPS) is 12.0. The number of hydrogen-bond donors (Lipinski definition) is 2. The second-order valence-corrected chi connectivity index (χ2v) is 4.97. The van der Waals surface area contributed by atoms with E-state index >= 15 is 0 Å². The number of halogens is 1. The highest BCUT2D eigenvalue weighted by Gasteiger charge is 2.10. The van der Waals surface area contributed by atoms with Gasteiger partial charge in [-0.15, -0.1) is 0 Å². The Morgan fingerprint density at radius 1 is 1.56 bits per heavy atom. The van der Waals surface area contributed by atoms with Crippen molar-refractivity contribution in [3.05, 3.63) is 28.2 Å². The van der Waals surface area contributed by atoms with E-state index in [1.807, 2.05) is 25.1 Å². The van der Waals surface area contributed by atoms with Crippen LogP contribution in [0.5, 0.6) is 5.75 Å². The molecule has 0 aromatic heterocycles. The lowest BCUT2D eigenvalue weighted by molar-refractivity contribution is -0.121. The van der Waals surface area contributed by atoms with Gasteiger partial charge >= 0.3 is 0 Å². The molecule has 5 heteroatoms. The fourth-order valence-corrected chi connectivity index (χ4v) is 1.97. The highest BCUT2D eigenvalue weighted by molar-refractivity contribution is 9.10. The third-order valence-electron chi connectivity index (χ3n) is 2.57. The fourth-order valence-electron chi connectivity index (χ4n) is 1.58. The first-order valence-electron chi connectivity index (χ1n) is 5.79. The molecule has 0 fully saturated rings. The van der Waals surface area contributed by atoms with Gasteiger partial charge in [0.15, 0.2) is 0 Å². The van der Waals surface area contributed by atoms with Crippen LogP contribution in [0, 0.1) is 0 Å². The van der Waals surface area contributed by atoms with E-state index in [4.69, 9.17) is 9.84 Å². The maximum atomic E-state index is 11.8. The second kappa shape index (κ2) is 7.38. The lowest BCUT2D eigenvalue weighted by Crippen LogP contribution is -2.34. The van der Waals surface area contributed by atoms with Crippen molar-refractivity contribution in [2.75, 3.05) is 13.7 Å². The number of amides is 1. The lowest BCUT2D eigenvalue weighted by Gasteiger charge is -2.13. The summed E-state index contributed by atoms with van der Waals surface area (Å²) >= 11 is 3.41. The van der Waals surface area contributed by atoms with E-state index in [0.29, 0.717) is 6.42 Å². The molecule has 0 heterocycles. The van der Waals surface area contributed by atoms with Crippen LogP contribution in [0.2, 0.25) is 0 Å². The first-order chi connectivity index (χ1) is 8.56. The monoisotopic (exact) mass is 315 g/mol. The van der Waals surface area contributed by atoms with Gasteiger partial charge in [-0.3, -0.25) is 4.79 Å². The van der Waals surface area contributed by atoms with Crippen LogP contribution in [-0.4, -0.2) is 30.8 Å². The largest absolute Gasteiger partial charge is 0.497 e. The molecule has 0 aliphatic rings. The summed E-state index contributed by atoms with van der Waals surface area (Å²) in [6.07, 6.45) is 0.846. The number of methoxy groups -OCH3 is 1. The Balaban J connectivity index is 2.63. The van der Waals surface area contributed by atoms with Crippen LogP contribution in [0.1, 0.15) is 18.9 Å². The topological polar surface area (TPSA) is 58.6 Å². The molecule has 0 aliphatic carbocycles. The maximum Gasteiger partial charge on any atom is 0.224 e. The molecule has 100 valence electrons. The van der Waals surface area contributed by atoms with Crippen LogP contribution in [0.4, 0.5) is 0 Å². The number of aliphatic hydroxyl groups is 1. The third kappa shape index (κ3) is 4.66. The summed E-state index contributed by atoms with van der Waals surface area (Å²) in [5, 5.41) is 11.6. The molecule has 0 aliphatic heterocycles. The molecule has 1 atom stereocenters. The molecule has 0 bridgehead atoms. The van der Waals surface area contributed by atoms with Gasteiger partial charge in [0, 0.05) is 17.1 Å². The minimum absolute atomic E-state index is 0.0214. The maximum absolute atomic E-state index is 11.8. The number of carbonyl (C=O) groups excluding carboxylic acids is 1. The second-order valence-electron chi connectivity index (χ2n) is 4.11. The van der Waals surface area contributed by atoms with Gasteiger partial charge in [-0.2, -0.15) is 0 Å². The quantitative estimate of drug-likeness (QED) is 0.842. The number of rotatable bonds is 6. The average Bonchev–Trinajstić information content (AvgIpc) is 2.32. The third-order valence-corrected chi connectivity index (χ3v) is 3.35. The number of nitrogens with one attached hydrogen (secondary N) is 1. The lowest BCUT2D eigenvalue weighted by atomic mass is 10.1. The molecule has 4 nitrogen and oxygen atoms in total. The summed E-state index contributed by atoms with van der Waals surface area (Å²) in [6.45, 7) is 1.94. The summed E-state index contributed by atoms with van der Waals surface area (Å²) in [4.78, 5) is 11.8. The molecule has 1 rings (SSSR count). The molecule has 0 saturated carbocycles. The molecule has 18 heavy (non-hydrogen) atoms. The molecule has 2 N–H and O–H groups in total. The van der Waals surface area contributed by atoms with E-state index in [9.17, 15) is 4.79 Å². The predicted octanol–water partition coefficient (Wildman–Crippen LogP) is 1.89. The summed E-state index contributed by atoms with van der Waals surface area (Å²) in [5.41, 5.74) is 0.878. The summed E-state index contributed by atoms with van der Waals surface area (Å²) in [5.74, 6) is 0.661. The van der Waals surface area contributed by atoms with Gasteiger partial charge in [0.1, 0.15) is 5.75 Å². The van der Waals surface area contributed by atoms with Crippen LogP contribution >= 0.6 is 15.9 Å². The van der Waals surface area contributed by atoms with Crippen molar-refractivity contribution in [2.45, 2.75) is 25.8 Å². The van der Waals surface area contributed by atoms with Crippen molar-refractivity contribution in [3.63, 3.8) is 0 Å². The number of benzene rings is 1. The van der Waals surface area contributed by atoms with Crippen LogP contribution in [0.3, 0.4) is 0 Å². The minimum Gasteiger partial charge on any atom is -0.497 e. The Bertz CT molecular complexity index is 409. The van der Waals surface area contributed by atoms with Gasteiger partial charge in [0.2, 0.25) is 5.91 Å². The van der Waals surface area contributed by atoms with Gasteiger partial charge in [-0.25, -0.2) is 0 Å². The van der Waals surface area contributed by atoms with Gasteiger partial charge in [-0.1, -0.05) is 15.9 Å². The highest BCUT2D eigenvalue weighted by atomic mass is 79.9. The van der Waals surface area contributed by atoms with Gasteiger partial charge < -0.3 is 15.2 Å². The zero-order valence-electron chi connectivity index (χ0n) is 10.6. The summed E-state index contributed by atoms with van der Waals surface area (Å²) in [6, 6.07) is 5.51. The number of ether oxygens (including phenoxy) is 1. The van der Waals surface area contributed by atoms with Gasteiger partial charge in [-0.05, 0) is 37.1 Å². The first kappa shape index (κ1) is 15.0. The molecule has 0 radical (unpaired) electrons. The van der Waals surface area contributed by atoms with E-state index in [0.717, 1.165) is 15.8 Å². The van der Waals surface area contributed by atoms with Crippen molar-refractivity contribution in [1.82, 2.24) is 5.32 Å². The van der Waals surface area contributed by atoms with E-state index in [2.05, 4.69) is 21.2 Å². The Labute approximate surface area is 115 Å². The summed E-state index contributed by atoms with van der Waals surface area (Å²) in [7, 11) is 1.59. The zero-order valence-corrected chi connectivity index (χ0v) is 12.2. The number of carbonyl (C=O) groups is 1. The Morgan fingerprint density at radius 2 is 2.28 bits per heavy atom. The van der Waals surface area contributed by atoms with Crippen molar-refractivity contribution in [1.29, 1.82) is 0 Å². The van der Waals surface area contributed by atoms with Gasteiger partial charge in [0.25, 0.3) is 0 Å². The number of hydrogen-bond acceptors (Lipinski definition) is 3.